The quantitative estimate of drug-likeness (QED) is 0.501. The van der Waals surface area contributed by atoms with Gasteiger partial charge in [0, 0.05) is 11.3 Å². The molecule has 0 aromatic heterocycles. The fourth-order valence-electron chi connectivity index (χ4n) is 3.94. The number of hydrogen-bond donors (Lipinski definition) is 2. The van der Waals surface area contributed by atoms with Gasteiger partial charge in [-0.1, -0.05) is 12.5 Å². The van der Waals surface area contributed by atoms with Crippen molar-refractivity contribution in [3.63, 3.8) is 0 Å². The lowest BCUT2D eigenvalue weighted by Crippen LogP contribution is -2.55. The van der Waals surface area contributed by atoms with Gasteiger partial charge in [-0.3, -0.25) is 4.79 Å². The molecule has 1 fully saturated rings. The lowest BCUT2D eigenvalue weighted by molar-refractivity contribution is -0.167. The molecule has 0 saturated carbocycles. The summed E-state index contributed by atoms with van der Waals surface area (Å²) in [7, 11) is 0. The zero-order valence-electron chi connectivity index (χ0n) is 10.7. The van der Waals surface area contributed by atoms with Gasteiger partial charge in [-0.05, 0) is 31.3 Å². The predicted octanol–water partition coefficient (Wildman–Crippen LogP) is 1.16. The van der Waals surface area contributed by atoms with Gasteiger partial charge in [0.05, 0.1) is 12.5 Å². The Bertz CT molecular complexity index is 414. The molecule has 100 valence electrons. The van der Waals surface area contributed by atoms with Crippen LogP contribution in [0.4, 0.5) is 0 Å². The van der Waals surface area contributed by atoms with Crippen molar-refractivity contribution in [2.24, 2.45) is 11.3 Å². The van der Waals surface area contributed by atoms with Crippen LogP contribution in [0.5, 0.6) is 0 Å². The molecule has 18 heavy (non-hydrogen) atoms. The van der Waals surface area contributed by atoms with Gasteiger partial charge in [-0.25, -0.2) is 0 Å². The monoisotopic (exact) mass is 252 g/mol. The molecule has 4 nitrogen and oxygen atoms in total. The number of rotatable bonds is 0. The maximum atomic E-state index is 11.4. The standard InChI is InChI=1S/C14H20O4/c1-14-7-18-11(15)6-10(14)13(17)12(16)8-4-2-3-5-9(8)14/h10,12-13,16-17H,2-7H2,1H3/t10-,12+,13-,14+/m0/s1. The van der Waals surface area contributed by atoms with Crippen LogP contribution < -0.4 is 0 Å². The van der Waals surface area contributed by atoms with Gasteiger partial charge in [-0.15, -0.1) is 0 Å². The molecule has 3 aliphatic rings. The van der Waals surface area contributed by atoms with E-state index in [4.69, 9.17) is 4.74 Å². The SMILES string of the molecule is C[C@]12COC(=O)C[C@H]1[C@H](O)[C@H](O)C1=C2CCCC1. The first-order chi connectivity index (χ1) is 8.54. The highest BCUT2D eigenvalue weighted by atomic mass is 16.5. The van der Waals surface area contributed by atoms with Crippen molar-refractivity contribution >= 4 is 5.97 Å². The number of esters is 1. The Labute approximate surface area is 107 Å². The van der Waals surface area contributed by atoms with Crippen LogP contribution in [0.15, 0.2) is 11.1 Å². The Morgan fingerprint density at radius 3 is 2.78 bits per heavy atom. The van der Waals surface area contributed by atoms with Crippen LogP contribution in [0.2, 0.25) is 0 Å². The summed E-state index contributed by atoms with van der Waals surface area (Å²) in [5.41, 5.74) is 1.97. The highest BCUT2D eigenvalue weighted by Crippen LogP contribution is 2.52. The zero-order chi connectivity index (χ0) is 12.9. The number of cyclic esters (lactones) is 1. The maximum absolute atomic E-state index is 11.4. The van der Waals surface area contributed by atoms with Crippen LogP contribution in [-0.2, 0) is 9.53 Å². The third-order valence-electron chi connectivity index (χ3n) is 5.03. The third-order valence-corrected chi connectivity index (χ3v) is 5.03. The topological polar surface area (TPSA) is 66.8 Å². The van der Waals surface area contributed by atoms with Crippen molar-refractivity contribution in [2.45, 2.75) is 51.2 Å². The van der Waals surface area contributed by atoms with Gasteiger partial charge in [0.1, 0.15) is 12.7 Å². The predicted molar refractivity (Wildman–Crippen MR) is 64.7 cm³/mol. The summed E-state index contributed by atoms with van der Waals surface area (Å²) in [6.45, 7) is 2.42. The highest BCUT2D eigenvalue weighted by molar-refractivity contribution is 5.71. The van der Waals surface area contributed by atoms with Crippen LogP contribution in [0.1, 0.15) is 39.0 Å². The zero-order valence-corrected chi connectivity index (χ0v) is 10.7. The fraction of sp³-hybridized carbons (Fsp3) is 0.786. The summed E-state index contributed by atoms with van der Waals surface area (Å²) in [6, 6.07) is 0. The summed E-state index contributed by atoms with van der Waals surface area (Å²) in [5, 5.41) is 20.6. The molecular formula is C14H20O4. The van der Waals surface area contributed by atoms with Crippen molar-refractivity contribution in [3.05, 3.63) is 11.1 Å². The molecule has 1 saturated heterocycles. The van der Waals surface area contributed by atoms with E-state index < -0.39 is 12.2 Å². The number of fused-ring (bicyclic) bond motifs is 2. The van der Waals surface area contributed by atoms with Crippen molar-refractivity contribution in [3.8, 4) is 0 Å². The molecule has 2 aliphatic carbocycles. The molecule has 0 aromatic carbocycles. The smallest absolute Gasteiger partial charge is 0.306 e. The molecule has 1 aliphatic heterocycles. The molecular weight excluding hydrogens is 232 g/mol. The molecule has 0 aromatic rings. The minimum Gasteiger partial charge on any atom is -0.465 e. The lowest BCUT2D eigenvalue weighted by atomic mass is 9.58. The molecule has 1 heterocycles. The van der Waals surface area contributed by atoms with Gasteiger partial charge >= 0.3 is 5.97 Å². The van der Waals surface area contributed by atoms with Gasteiger partial charge < -0.3 is 14.9 Å². The van der Waals surface area contributed by atoms with E-state index >= 15 is 0 Å². The Hall–Kier alpha value is -0.870. The molecule has 3 rings (SSSR count). The summed E-state index contributed by atoms with van der Waals surface area (Å²) >= 11 is 0. The maximum Gasteiger partial charge on any atom is 0.306 e. The van der Waals surface area contributed by atoms with E-state index in [1.54, 1.807) is 0 Å². The molecule has 0 unspecified atom stereocenters. The molecule has 4 atom stereocenters. The van der Waals surface area contributed by atoms with Crippen molar-refractivity contribution in [1.82, 2.24) is 0 Å². The van der Waals surface area contributed by atoms with E-state index in [0.29, 0.717) is 6.61 Å². The number of hydrogen-bond acceptors (Lipinski definition) is 4. The van der Waals surface area contributed by atoms with E-state index in [1.807, 2.05) is 0 Å². The van der Waals surface area contributed by atoms with Gasteiger partial charge in [-0.2, -0.15) is 0 Å². The Balaban J connectivity index is 2.07. The minimum atomic E-state index is -0.834. The molecule has 2 N–H and O–H groups in total. The minimum absolute atomic E-state index is 0.203. The normalized spacial score (nSPS) is 44.2. The first-order valence-electron chi connectivity index (χ1n) is 6.78. The van der Waals surface area contributed by atoms with Crippen LogP contribution >= 0.6 is 0 Å². The van der Waals surface area contributed by atoms with Crippen molar-refractivity contribution in [2.75, 3.05) is 6.61 Å². The number of carbonyl (C=O) groups excluding carboxylic acids is 1. The molecule has 0 spiro atoms. The summed E-state index contributed by atoms with van der Waals surface area (Å²) in [6.07, 6.45) is 2.61. The Morgan fingerprint density at radius 1 is 1.28 bits per heavy atom. The molecule has 4 heteroatoms. The largest absolute Gasteiger partial charge is 0.465 e. The van der Waals surface area contributed by atoms with Crippen molar-refractivity contribution < 1.29 is 19.7 Å². The summed E-state index contributed by atoms with van der Waals surface area (Å²) < 4.78 is 5.22. The molecule has 0 amide bonds. The third kappa shape index (κ3) is 1.55. The number of carbonyl (C=O) groups is 1. The van der Waals surface area contributed by atoms with E-state index in [-0.39, 0.29) is 23.7 Å². The van der Waals surface area contributed by atoms with Crippen LogP contribution in [0, 0.1) is 11.3 Å². The van der Waals surface area contributed by atoms with E-state index in [0.717, 1.165) is 31.3 Å². The number of aliphatic hydroxyl groups excluding tert-OH is 2. The average Bonchev–Trinajstić information content (AvgIpc) is 2.39. The number of aliphatic hydroxyl groups is 2. The van der Waals surface area contributed by atoms with Crippen LogP contribution in [0.25, 0.3) is 0 Å². The van der Waals surface area contributed by atoms with Gasteiger partial charge in [0.15, 0.2) is 0 Å². The Kier molecular flexibility index (Phi) is 2.75. The van der Waals surface area contributed by atoms with Crippen LogP contribution in [-0.4, -0.2) is 35.0 Å². The first-order valence-corrected chi connectivity index (χ1v) is 6.78. The van der Waals surface area contributed by atoms with E-state index in [2.05, 4.69) is 6.92 Å². The average molecular weight is 252 g/mol. The summed E-state index contributed by atoms with van der Waals surface area (Å²) in [4.78, 5) is 11.4. The van der Waals surface area contributed by atoms with Gasteiger partial charge in [0.25, 0.3) is 0 Å². The van der Waals surface area contributed by atoms with Gasteiger partial charge in [0.2, 0.25) is 0 Å². The Morgan fingerprint density at radius 2 is 2.00 bits per heavy atom. The fourth-order valence-corrected chi connectivity index (χ4v) is 3.94. The van der Waals surface area contributed by atoms with Crippen LogP contribution in [0.3, 0.4) is 0 Å². The first kappa shape index (κ1) is 12.2. The lowest BCUT2D eigenvalue weighted by Gasteiger charge is -2.51. The second-order valence-electron chi connectivity index (χ2n) is 6.04. The number of ether oxygens (including phenoxy) is 1. The summed E-state index contributed by atoms with van der Waals surface area (Å²) in [5.74, 6) is -0.464. The molecule has 0 radical (unpaired) electrons. The second kappa shape index (κ2) is 4.07. The van der Waals surface area contributed by atoms with E-state index in [9.17, 15) is 15.0 Å². The second-order valence-corrected chi connectivity index (χ2v) is 6.04. The van der Waals surface area contributed by atoms with Crippen molar-refractivity contribution in [1.29, 1.82) is 0 Å². The highest BCUT2D eigenvalue weighted by Gasteiger charge is 2.53. The van der Waals surface area contributed by atoms with E-state index in [1.165, 1.54) is 5.57 Å². The molecule has 0 bridgehead atoms.